The van der Waals surface area contributed by atoms with Gasteiger partial charge in [0.2, 0.25) is 0 Å². The number of allylic oxidation sites excluding steroid dienone is 1. The fraction of sp³-hybridized carbons (Fsp3) is 0.154. The van der Waals surface area contributed by atoms with Gasteiger partial charge in [-0.25, -0.2) is 0 Å². The zero-order chi connectivity index (χ0) is 13.7. The van der Waals surface area contributed by atoms with Crippen molar-refractivity contribution in [3.05, 3.63) is 40.9 Å². The van der Waals surface area contributed by atoms with E-state index in [1.54, 1.807) is 36.8 Å². The normalized spacial score (nSPS) is 10.6. The fourth-order valence-corrected chi connectivity index (χ4v) is 1.92. The number of aromatic nitrogens is 2. The Balaban J connectivity index is 2.27. The summed E-state index contributed by atoms with van der Waals surface area (Å²) in [5.41, 5.74) is 1.10. The van der Waals surface area contributed by atoms with Crippen LogP contribution in [0.15, 0.2) is 29.7 Å². The first kappa shape index (κ1) is 13.2. The molecule has 0 aliphatic carbocycles. The maximum absolute atomic E-state index is 12.1. The van der Waals surface area contributed by atoms with Crippen molar-refractivity contribution in [2.75, 3.05) is 14.2 Å². The average molecular weight is 276 g/mol. The van der Waals surface area contributed by atoms with E-state index < -0.39 is 0 Å². The van der Waals surface area contributed by atoms with Crippen LogP contribution in [0.3, 0.4) is 0 Å². The second kappa shape index (κ2) is 6.10. The molecule has 98 valence electrons. The highest BCUT2D eigenvalue weighted by Crippen LogP contribution is 2.24. The smallest absolute Gasteiger partial charge is 0.189 e. The third-order valence-electron chi connectivity index (χ3n) is 2.45. The molecule has 0 fully saturated rings. The van der Waals surface area contributed by atoms with Gasteiger partial charge in [0, 0.05) is 5.38 Å². The van der Waals surface area contributed by atoms with Gasteiger partial charge in [-0.2, -0.15) is 0 Å². The standard InChI is InChI=1S/C13H12N2O3S/c1-17-10-4-6-13(18-2)11(7-10)12(16)5-3-9-8-19-15-14-9/h3-8H,1-2H3/b5-3-. The molecule has 5 nitrogen and oxygen atoms in total. The molecule has 0 bridgehead atoms. The Morgan fingerprint density at radius 1 is 1.32 bits per heavy atom. The summed E-state index contributed by atoms with van der Waals surface area (Å²) < 4.78 is 14.0. The molecule has 0 unspecified atom stereocenters. The number of rotatable bonds is 5. The molecule has 2 rings (SSSR count). The van der Waals surface area contributed by atoms with Gasteiger partial charge in [0.05, 0.1) is 25.5 Å². The Kier molecular flexibility index (Phi) is 4.25. The lowest BCUT2D eigenvalue weighted by atomic mass is 10.1. The minimum atomic E-state index is -0.177. The van der Waals surface area contributed by atoms with E-state index in [9.17, 15) is 4.79 Å². The Bertz CT molecular complexity index is 594. The molecule has 1 heterocycles. The monoisotopic (exact) mass is 276 g/mol. The average Bonchev–Trinajstić information content (AvgIpc) is 2.97. The highest BCUT2D eigenvalue weighted by atomic mass is 32.1. The summed E-state index contributed by atoms with van der Waals surface area (Å²) >= 11 is 1.23. The maximum Gasteiger partial charge on any atom is 0.189 e. The van der Waals surface area contributed by atoms with Crippen molar-refractivity contribution in [2.45, 2.75) is 0 Å². The van der Waals surface area contributed by atoms with E-state index in [1.807, 2.05) is 0 Å². The number of ketones is 1. The highest BCUT2D eigenvalue weighted by molar-refractivity contribution is 7.03. The van der Waals surface area contributed by atoms with Crippen LogP contribution in [0, 0.1) is 0 Å². The molecule has 0 aliphatic heterocycles. The van der Waals surface area contributed by atoms with Gasteiger partial charge in [-0.15, -0.1) is 5.10 Å². The van der Waals surface area contributed by atoms with E-state index in [0.717, 1.165) is 0 Å². The van der Waals surface area contributed by atoms with Gasteiger partial charge in [0.15, 0.2) is 5.78 Å². The van der Waals surface area contributed by atoms with E-state index in [4.69, 9.17) is 9.47 Å². The number of carbonyl (C=O) groups excluding carboxylic acids is 1. The second-order valence-corrected chi connectivity index (χ2v) is 4.20. The first-order chi connectivity index (χ1) is 9.24. The lowest BCUT2D eigenvalue weighted by Gasteiger charge is -2.07. The van der Waals surface area contributed by atoms with Crippen LogP contribution in [0.2, 0.25) is 0 Å². The molecule has 1 aromatic heterocycles. The number of hydrogen-bond acceptors (Lipinski definition) is 6. The zero-order valence-corrected chi connectivity index (χ0v) is 11.3. The molecule has 0 saturated carbocycles. The summed E-state index contributed by atoms with van der Waals surface area (Å²) in [5, 5.41) is 5.59. The quantitative estimate of drug-likeness (QED) is 0.620. The number of benzene rings is 1. The number of nitrogens with zero attached hydrogens (tertiary/aromatic N) is 2. The summed E-state index contributed by atoms with van der Waals surface area (Å²) in [6.07, 6.45) is 3.05. The van der Waals surface area contributed by atoms with Crippen molar-refractivity contribution in [1.82, 2.24) is 9.59 Å². The highest BCUT2D eigenvalue weighted by Gasteiger charge is 2.11. The molecule has 2 aromatic rings. The van der Waals surface area contributed by atoms with E-state index in [-0.39, 0.29) is 5.78 Å². The molecular weight excluding hydrogens is 264 g/mol. The molecular formula is C13H12N2O3S. The molecule has 6 heteroatoms. The molecule has 1 aromatic carbocycles. The number of ether oxygens (including phenoxy) is 2. The van der Waals surface area contributed by atoms with Crippen molar-refractivity contribution < 1.29 is 14.3 Å². The van der Waals surface area contributed by atoms with Crippen LogP contribution in [0.5, 0.6) is 11.5 Å². The van der Waals surface area contributed by atoms with Gasteiger partial charge in [-0.1, -0.05) is 4.49 Å². The minimum Gasteiger partial charge on any atom is -0.497 e. The summed E-state index contributed by atoms with van der Waals surface area (Å²) in [7, 11) is 3.07. The van der Waals surface area contributed by atoms with Gasteiger partial charge < -0.3 is 9.47 Å². The number of hydrogen-bond donors (Lipinski definition) is 0. The lowest BCUT2D eigenvalue weighted by Crippen LogP contribution is -1.99. The third-order valence-corrected chi connectivity index (χ3v) is 2.98. The van der Waals surface area contributed by atoms with Crippen LogP contribution in [-0.2, 0) is 0 Å². The molecule has 0 saturated heterocycles. The maximum atomic E-state index is 12.1. The Morgan fingerprint density at radius 3 is 2.79 bits per heavy atom. The Labute approximate surface area is 114 Å². The van der Waals surface area contributed by atoms with E-state index in [0.29, 0.717) is 22.8 Å². The number of carbonyl (C=O) groups is 1. The summed E-state index contributed by atoms with van der Waals surface area (Å²) in [5.74, 6) is 0.934. The van der Waals surface area contributed by atoms with Gasteiger partial charge in [-0.05, 0) is 41.9 Å². The predicted octanol–water partition coefficient (Wildman–Crippen LogP) is 2.45. The van der Waals surface area contributed by atoms with Crippen molar-refractivity contribution in [2.24, 2.45) is 0 Å². The third kappa shape index (κ3) is 3.17. The van der Waals surface area contributed by atoms with E-state index in [1.165, 1.54) is 24.7 Å². The van der Waals surface area contributed by atoms with Crippen molar-refractivity contribution in [3.8, 4) is 11.5 Å². The molecule has 0 radical (unpaired) electrons. The molecule has 0 atom stereocenters. The van der Waals surface area contributed by atoms with Gasteiger partial charge in [0.25, 0.3) is 0 Å². The predicted molar refractivity (Wildman–Crippen MR) is 72.8 cm³/mol. The Hall–Kier alpha value is -2.21. The topological polar surface area (TPSA) is 61.3 Å². The SMILES string of the molecule is COc1ccc(OC)c(C(=O)/C=C\c2csnn2)c1. The van der Waals surface area contributed by atoms with Crippen LogP contribution in [0.1, 0.15) is 16.1 Å². The van der Waals surface area contributed by atoms with Crippen LogP contribution in [-0.4, -0.2) is 29.6 Å². The second-order valence-electron chi connectivity index (χ2n) is 3.59. The van der Waals surface area contributed by atoms with Crippen molar-refractivity contribution in [3.63, 3.8) is 0 Å². The molecule has 0 amide bonds. The lowest BCUT2D eigenvalue weighted by molar-refractivity contribution is 0.104. The van der Waals surface area contributed by atoms with E-state index >= 15 is 0 Å². The molecule has 19 heavy (non-hydrogen) atoms. The number of methoxy groups -OCH3 is 2. The largest absolute Gasteiger partial charge is 0.497 e. The van der Waals surface area contributed by atoms with Crippen molar-refractivity contribution >= 4 is 23.4 Å². The molecule has 0 N–H and O–H groups in total. The van der Waals surface area contributed by atoms with Gasteiger partial charge in [0.1, 0.15) is 11.5 Å². The van der Waals surface area contributed by atoms with Gasteiger partial charge in [-0.3, -0.25) is 4.79 Å². The minimum absolute atomic E-state index is 0.177. The molecule has 0 aliphatic rings. The Morgan fingerprint density at radius 2 is 2.16 bits per heavy atom. The van der Waals surface area contributed by atoms with Crippen LogP contribution in [0.25, 0.3) is 6.08 Å². The van der Waals surface area contributed by atoms with Crippen LogP contribution < -0.4 is 9.47 Å². The first-order valence-electron chi connectivity index (χ1n) is 5.46. The van der Waals surface area contributed by atoms with Crippen LogP contribution in [0.4, 0.5) is 0 Å². The molecule has 0 spiro atoms. The summed E-state index contributed by atoms with van der Waals surface area (Å²) in [6, 6.07) is 5.08. The van der Waals surface area contributed by atoms with Crippen LogP contribution >= 0.6 is 11.5 Å². The van der Waals surface area contributed by atoms with Crippen molar-refractivity contribution in [1.29, 1.82) is 0 Å². The fourth-order valence-electron chi connectivity index (χ4n) is 1.50. The zero-order valence-electron chi connectivity index (χ0n) is 10.5. The van der Waals surface area contributed by atoms with Gasteiger partial charge >= 0.3 is 0 Å². The first-order valence-corrected chi connectivity index (χ1v) is 6.29. The summed E-state index contributed by atoms with van der Waals surface area (Å²) in [6.45, 7) is 0. The van der Waals surface area contributed by atoms with E-state index in [2.05, 4.69) is 9.59 Å². The summed E-state index contributed by atoms with van der Waals surface area (Å²) in [4.78, 5) is 12.1.